The molecule has 0 fully saturated rings. The number of hydrogen-bond donors (Lipinski definition) is 1. The summed E-state index contributed by atoms with van der Waals surface area (Å²) in [6.45, 7) is 1.89. The first-order valence-corrected chi connectivity index (χ1v) is 9.27. The van der Waals surface area contributed by atoms with Crippen molar-refractivity contribution in [3.8, 4) is 28.2 Å². The average Bonchev–Trinajstić information content (AvgIpc) is 3.28. The minimum Gasteiger partial charge on any atom is -0.484 e. The third-order valence-electron chi connectivity index (χ3n) is 4.54. The average molecular weight is 384 g/mol. The van der Waals surface area contributed by atoms with Crippen molar-refractivity contribution in [3.63, 3.8) is 0 Å². The molecule has 0 radical (unpaired) electrons. The molecule has 29 heavy (non-hydrogen) atoms. The van der Waals surface area contributed by atoms with E-state index in [0.717, 1.165) is 27.9 Å². The van der Waals surface area contributed by atoms with E-state index in [0.29, 0.717) is 11.5 Å². The van der Waals surface area contributed by atoms with Crippen molar-refractivity contribution >= 4 is 11.6 Å². The Balaban J connectivity index is 1.34. The number of rotatable bonds is 6. The number of anilines is 1. The molecule has 1 amide bonds. The Kier molecular flexibility index (Phi) is 5.38. The van der Waals surface area contributed by atoms with Gasteiger partial charge in [-0.15, -0.1) is 0 Å². The summed E-state index contributed by atoms with van der Waals surface area (Å²) in [5, 5.41) is 2.85. The van der Waals surface area contributed by atoms with E-state index >= 15 is 0 Å². The number of nitrogens with one attached hydrogen (secondary N) is 1. The van der Waals surface area contributed by atoms with Crippen LogP contribution in [0.1, 0.15) is 5.56 Å². The second-order valence-corrected chi connectivity index (χ2v) is 6.62. The monoisotopic (exact) mass is 384 g/mol. The molecule has 1 heterocycles. The van der Waals surface area contributed by atoms with Crippen LogP contribution < -0.4 is 10.1 Å². The fraction of sp³-hybridized carbons (Fsp3) is 0.0833. The van der Waals surface area contributed by atoms with Crippen LogP contribution in [0.15, 0.2) is 89.8 Å². The molecule has 1 aromatic heterocycles. The summed E-state index contributed by atoms with van der Waals surface area (Å²) in [4.78, 5) is 16.2. The number of nitrogens with zero attached hydrogens (tertiary/aromatic N) is 1. The van der Waals surface area contributed by atoms with Gasteiger partial charge in [0.15, 0.2) is 18.8 Å². The number of amides is 1. The molecule has 0 aliphatic rings. The van der Waals surface area contributed by atoms with E-state index in [1.807, 2.05) is 67.6 Å². The normalized spacial score (nSPS) is 10.5. The van der Waals surface area contributed by atoms with Gasteiger partial charge in [0.25, 0.3) is 5.91 Å². The number of aromatic nitrogens is 1. The number of hydrogen-bond acceptors (Lipinski definition) is 4. The zero-order chi connectivity index (χ0) is 20.1. The van der Waals surface area contributed by atoms with Crippen molar-refractivity contribution in [1.29, 1.82) is 0 Å². The van der Waals surface area contributed by atoms with Crippen LogP contribution >= 0.6 is 0 Å². The topological polar surface area (TPSA) is 64.4 Å². The van der Waals surface area contributed by atoms with Crippen LogP contribution in [0.4, 0.5) is 5.69 Å². The van der Waals surface area contributed by atoms with Gasteiger partial charge < -0.3 is 14.5 Å². The van der Waals surface area contributed by atoms with Crippen LogP contribution in [0.5, 0.6) is 5.75 Å². The molecular weight excluding hydrogens is 364 g/mol. The number of aryl methyl sites for hydroxylation is 1. The summed E-state index contributed by atoms with van der Waals surface area (Å²) in [6.07, 6.45) is 3.06. The Labute approximate surface area is 169 Å². The zero-order valence-corrected chi connectivity index (χ0v) is 16.0. The Bertz CT molecular complexity index is 1090. The second kappa shape index (κ2) is 8.44. The SMILES string of the molecule is Cc1cc(OCC(=O)Nc2ccc(-c3ccccc3)cc2)ccc1-c1cnco1. The molecule has 0 atom stereocenters. The van der Waals surface area contributed by atoms with Crippen molar-refractivity contribution in [2.45, 2.75) is 6.92 Å². The van der Waals surface area contributed by atoms with E-state index in [1.165, 1.54) is 6.39 Å². The van der Waals surface area contributed by atoms with Gasteiger partial charge in [-0.25, -0.2) is 4.98 Å². The van der Waals surface area contributed by atoms with Gasteiger partial charge in [0.1, 0.15) is 5.75 Å². The first-order valence-electron chi connectivity index (χ1n) is 9.27. The van der Waals surface area contributed by atoms with E-state index in [2.05, 4.69) is 22.4 Å². The lowest BCUT2D eigenvalue weighted by atomic mass is 10.1. The zero-order valence-electron chi connectivity index (χ0n) is 16.0. The fourth-order valence-corrected chi connectivity index (χ4v) is 3.07. The Morgan fingerprint density at radius 2 is 1.76 bits per heavy atom. The molecule has 0 saturated carbocycles. The summed E-state index contributed by atoms with van der Waals surface area (Å²) in [5.74, 6) is 1.11. The number of benzene rings is 3. The quantitative estimate of drug-likeness (QED) is 0.488. The lowest BCUT2D eigenvalue weighted by molar-refractivity contribution is -0.118. The van der Waals surface area contributed by atoms with Crippen LogP contribution in [-0.4, -0.2) is 17.5 Å². The molecule has 0 bridgehead atoms. The molecule has 0 saturated heterocycles. The molecule has 5 nitrogen and oxygen atoms in total. The molecule has 1 N–H and O–H groups in total. The molecular formula is C24H20N2O3. The Hall–Kier alpha value is -3.86. The van der Waals surface area contributed by atoms with Crippen LogP contribution in [-0.2, 0) is 4.79 Å². The van der Waals surface area contributed by atoms with Gasteiger partial charge in [-0.2, -0.15) is 0 Å². The predicted molar refractivity (Wildman–Crippen MR) is 113 cm³/mol. The van der Waals surface area contributed by atoms with Crippen LogP contribution in [0.2, 0.25) is 0 Å². The smallest absolute Gasteiger partial charge is 0.262 e. The molecule has 0 aliphatic carbocycles. The number of carbonyl (C=O) groups is 1. The largest absolute Gasteiger partial charge is 0.484 e. The van der Waals surface area contributed by atoms with Crippen molar-refractivity contribution in [1.82, 2.24) is 4.98 Å². The van der Waals surface area contributed by atoms with Crippen molar-refractivity contribution in [3.05, 3.63) is 91.0 Å². The first-order chi connectivity index (χ1) is 14.2. The molecule has 4 rings (SSSR count). The summed E-state index contributed by atoms with van der Waals surface area (Å²) in [6, 6.07) is 23.4. The maximum Gasteiger partial charge on any atom is 0.262 e. The van der Waals surface area contributed by atoms with Gasteiger partial charge in [-0.1, -0.05) is 42.5 Å². The number of carbonyl (C=O) groups excluding carboxylic acids is 1. The maximum absolute atomic E-state index is 12.2. The highest BCUT2D eigenvalue weighted by Crippen LogP contribution is 2.26. The standard InChI is InChI=1S/C24H20N2O3/c1-17-13-21(11-12-22(17)23-14-25-16-29-23)28-15-24(27)26-20-9-7-19(8-10-20)18-5-3-2-4-6-18/h2-14,16H,15H2,1H3,(H,26,27). The lowest BCUT2D eigenvalue weighted by Gasteiger charge is -2.10. The highest BCUT2D eigenvalue weighted by Gasteiger charge is 2.08. The van der Waals surface area contributed by atoms with Crippen LogP contribution in [0.3, 0.4) is 0 Å². The maximum atomic E-state index is 12.2. The van der Waals surface area contributed by atoms with E-state index in [9.17, 15) is 4.79 Å². The van der Waals surface area contributed by atoms with Gasteiger partial charge in [0, 0.05) is 11.3 Å². The molecule has 0 unspecified atom stereocenters. The van der Waals surface area contributed by atoms with E-state index in [-0.39, 0.29) is 12.5 Å². The molecule has 144 valence electrons. The van der Waals surface area contributed by atoms with Crippen molar-refractivity contribution in [2.75, 3.05) is 11.9 Å². The minimum atomic E-state index is -0.213. The third kappa shape index (κ3) is 4.52. The highest BCUT2D eigenvalue weighted by atomic mass is 16.5. The van der Waals surface area contributed by atoms with Crippen LogP contribution in [0, 0.1) is 6.92 Å². The molecule has 3 aromatic carbocycles. The first kappa shape index (κ1) is 18.5. The lowest BCUT2D eigenvalue weighted by Crippen LogP contribution is -2.20. The molecule has 0 aliphatic heterocycles. The van der Waals surface area contributed by atoms with Crippen LogP contribution in [0.25, 0.3) is 22.5 Å². The molecule has 5 heteroatoms. The highest BCUT2D eigenvalue weighted by molar-refractivity contribution is 5.92. The third-order valence-corrected chi connectivity index (χ3v) is 4.54. The van der Waals surface area contributed by atoms with E-state index in [1.54, 1.807) is 6.20 Å². The summed E-state index contributed by atoms with van der Waals surface area (Å²) < 4.78 is 11.0. The van der Waals surface area contributed by atoms with E-state index < -0.39 is 0 Å². The molecule has 4 aromatic rings. The molecule has 0 spiro atoms. The van der Waals surface area contributed by atoms with E-state index in [4.69, 9.17) is 9.15 Å². The second-order valence-electron chi connectivity index (χ2n) is 6.62. The summed E-state index contributed by atoms with van der Waals surface area (Å²) in [5.41, 5.74) is 4.89. The van der Waals surface area contributed by atoms with Gasteiger partial charge in [0.2, 0.25) is 0 Å². The van der Waals surface area contributed by atoms with Crippen molar-refractivity contribution in [2.24, 2.45) is 0 Å². The van der Waals surface area contributed by atoms with Gasteiger partial charge in [-0.3, -0.25) is 4.79 Å². The minimum absolute atomic E-state index is 0.0679. The van der Waals surface area contributed by atoms with Crippen molar-refractivity contribution < 1.29 is 13.9 Å². The Morgan fingerprint density at radius 3 is 2.45 bits per heavy atom. The number of oxazole rings is 1. The summed E-state index contributed by atoms with van der Waals surface area (Å²) >= 11 is 0. The van der Waals surface area contributed by atoms with Gasteiger partial charge in [0.05, 0.1) is 6.20 Å². The summed E-state index contributed by atoms with van der Waals surface area (Å²) in [7, 11) is 0. The Morgan fingerprint density at radius 1 is 1.00 bits per heavy atom. The fourth-order valence-electron chi connectivity index (χ4n) is 3.07. The van der Waals surface area contributed by atoms with Gasteiger partial charge in [-0.05, 0) is 53.9 Å². The van der Waals surface area contributed by atoms with Gasteiger partial charge >= 0.3 is 0 Å². The predicted octanol–water partition coefficient (Wildman–Crippen LogP) is 5.33. The number of ether oxygens (including phenoxy) is 1.